The van der Waals surface area contributed by atoms with E-state index < -0.39 is 0 Å². The fraction of sp³-hybridized carbons (Fsp3) is 0.375. The highest BCUT2D eigenvalue weighted by Gasteiger charge is 2.06. The molecule has 0 fully saturated rings. The number of nitrogens with zero attached hydrogens (tertiary/aromatic N) is 1. The van der Waals surface area contributed by atoms with E-state index in [1.807, 2.05) is 0 Å². The highest BCUT2D eigenvalue weighted by atomic mass is 16.3. The van der Waals surface area contributed by atoms with Gasteiger partial charge in [0.05, 0.1) is 24.6 Å². The third-order valence-electron chi connectivity index (χ3n) is 1.56. The van der Waals surface area contributed by atoms with Crippen LogP contribution in [0.15, 0.2) is 12.7 Å². The van der Waals surface area contributed by atoms with Crippen LogP contribution in [0.2, 0.25) is 0 Å². The Labute approximate surface area is 70.6 Å². The molecule has 0 aliphatic heterocycles. The van der Waals surface area contributed by atoms with Crippen LogP contribution in [-0.4, -0.2) is 20.2 Å². The van der Waals surface area contributed by atoms with Crippen LogP contribution in [0.5, 0.6) is 0 Å². The van der Waals surface area contributed by atoms with E-state index in [4.69, 9.17) is 10.2 Å². The second kappa shape index (κ2) is 4.04. The molecule has 1 aromatic heterocycles. The number of aliphatic hydroxyl groups is 2. The topological polar surface area (TPSA) is 69.1 Å². The molecule has 1 rings (SSSR count). The zero-order chi connectivity index (χ0) is 8.97. The van der Waals surface area contributed by atoms with E-state index in [2.05, 4.69) is 16.5 Å². The summed E-state index contributed by atoms with van der Waals surface area (Å²) < 4.78 is 0. The van der Waals surface area contributed by atoms with Crippen LogP contribution in [-0.2, 0) is 19.6 Å². The van der Waals surface area contributed by atoms with Crippen molar-refractivity contribution >= 4 is 0 Å². The Hall–Kier alpha value is -1.13. The number of hydrogen-bond acceptors (Lipinski definition) is 3. The molecular formula is C8H12N2O2. The lowest BCUT2D eigenvalue weighted by Crippen LogP contribution is -1.91. The minimum atomic E-state index is -0.149. The van der Waals surface area contributed by atoms with Crippen LogP contribution < -0.4 is 0 Å². The largest absolute Gasteiger partial charge is 0.390 e. The van der Waals surface area contributed by atoms with Gasteiger partial charge in [0.1, 0.15) is 5.82 Å². The molecule has 0 saturated heterocycles. The number of hydrogen-bond donors (Lipinski definition) is 3. The summed E-state index contributed by atoms with van der Waals surface area (Å²) in [7, 11) is 0. The predicted molar refractivity (Wildman–Crippen MR) is 44.3 cm³/mol. The first kappa shape index (κ1) is 8.96. The minimum absolute atomic E-state index is 0.125. The van der Waals surface area contributed by atoms with Gasteiger partial charge < -0.3 is 15.2 Å². The van der Waals surface area contributed by atoms with Gasteiger partial charge in [-0.05, 0) is 0 Å². The molecule has 4 heteroatoms. The Morgan fingerprint density at radius 1 is 1.42 bits per heavy atom. The van der Waals surface area contributed by atoms with E-state index in [0.29, 0.717) is 17.8 Å². The molecule has 0 radical (unpaired) electrons. The van der Waals surface area contributed by atoms with Crippen molar-refractivity contribution in [1.82, 2.24) is 9.97 Å². The van der Waals surface area contributed by atoms with Crippen molar-refractivity contribution in [2.45, 2.75) is 19.6 Å². The van der Waals surface area contributed by atoms with Crippen molar-refractivity contribution in [3.05, 3.63) is 29.9 Å². The highest BCUT2D eigenvalue weighted by molar-refractivity contribution is 5.14. The maximum absolute atomic E-state index is 8.82. The molecule has 66 valence electrons. The van der Waals surface area contributed by atoms with Gasteiger partial charge in [-0.3, -0.25) is 0 Å². The Balaban J connectivity index is 2.88. The first-order valence-corrected chi connectivity index (χ1v) is 3.71. The van der Waals surface area contributed by atoms with Crippen molar-refractivity contribution in [3.63, 3.8) is 0 Å². The third kappa shape index (κ3) is 1.72. The lowest BCUT2D eigenvalue weighted by Gasteiger charge is -1.91. The van der Waals surface area contributed by atoms with E-state index >= 15 is 0 Å². The first-order valence-electron chi connectivity index (χ1n) is 3.71. The number of aromatic amines is 1. The zero-order valence-corrected chi connectivity index (χ0v) is 6.75. The summed E-state index contributed by atoms with van der Waals surface area (Å²) in [5.41, 5.74) is 1.09. The van der Waals surface area contributed by atoms with Crippen molar-refractivity contribution in [2.75, 3.05) is 0 Å². The molecule has 4 nitrogen and oxygen atoms in total. The number of imidazole rings is 1. The Morgan fingerprint density at radius 3 is 2.58 bits per heavy atom. The van der Waals surface area contributed by atoms with Crippen LogP contribution in [0.25, 0.3) is 0 Å². The fourth-order valence-corrected chi connectivity index (χ4v) is 1.000. The van der Waals surface area contributed by atoms with E-state index in [-0.39, 0.29) is 13.2 Å². The van der Waals surface area contributed by atoms with Crippen LogP contribution in [0.1, 0.15) is 17.2 Å². The summed E-state index contributed by atoms with van der Waals surface area (Å²) in [6.45, 7) is 3.29. The van der Waals surface area contributed by atoms with Crippen LogP contribution in [0.4, 0.5) is 0 Å². The standard InChI is InChI=1S/C8H12N2O2/c1-2-3-8-9-6(4-11)7(5-12)10-8/h2,11-12H,1,3-5H2,(H,9,10). The zero-order valence-electron chi connectivity index (χ0n) is 6.75. The number of H-pyrrole nitrogens is 1. The third-order valence-corrected chi connectivity index (χ3v) is 1.56. The quantitative estimate of drug-likeness (QED) is 0.559. The number of rotatable bonds is 4. The summed E-state index contributed by atoms with van der Waals surface area (Å²) in [5, 5.41) is 17.6. The minimum Gasteiger partial charge on any atom is -0.390 e. The second-order valence-corrected chi connectivity index (χ2v) is 2.42. The Morgan fingerprint density at radius 2 is 2.17 bits per heavy atom. The van der Waals surface area contributed by atoms with Gasteiger partial charge in [-0.2, -0.15) is 0 Å². The maximum Gasteiger partial charge on any atom is 0.110 e. The van der Waals surface area contributed by atoms with Crippen molar-refractivity contribution in [2.24, 2.45) is 0 Å². The van der Waals surface area contributed by atoms with E-state index in [0.717, 1.165) is 5.82 Å². The Kier molecular flexibility index (Phi) is 3.01. The number of aromatic nitrogens is 2. The average molecular weight is 168 g/mol. The van der Waals surface area contributed by atoms with Crippen molar-refractivity contribution < 1.29 is 10.2 Å². The molecule has 1 aromatic rings. The first-order chi connectivity index (χ1) is 5.81. The average Bonchev–Trinajstić information content (AvgIpc) is 2.48. The molecule has 0 saturated carbocycles. The monoisotopic (exact) mass is 168 g/mol. The summed E-state index contributed by atoms with van der Waals surface area (Å²) in [6, 6.07) is 0. The van der Waals surface area contributed by atoms with E-state index in [9.17, 15) is 0 Å². The molecule has 12 heavy (non-hydrogen) atoms. The van der Waals surface area contributed by atoms with E-state index in [1.54, 1.807) is 6.08 Å². The molecule has 0 bridgehead atoms. The van der Waals surface area contributed by atoms with Gasteiger partial charge in [0.15, 0.2) is 0 Å². The van der Waals surface area contributed by atoms with Crippen LogP contribution in [0.3, 0.4) is 0 Å². The van der Waals surface area contributed by atoms with Gasteiger partial charge in [0, 0.05) is 6.42 Å². The highest BCUT2D eigenvalue weighted by Crippen LogP contribution is 2.06. The van der Waals surface area contributed by atoms with Crippen molar-refractivity contribution in [1.29, 1.82) is 0 Å². The lowest BCUT2D eigenvalue weighted by atomic mass is 10.3. The molecule has 1 heterocycles. The number of allylic oxidation sites excluding steroid dienone is 1. The molecule has 0 spiro atoms. The van der Waals surface area contributed by atoms with Crippen LogP contribution in [0, 0.1) is 0 Å². The summed E-state index contributed by atoms with van der Waals surface area (Å²) in [4.78, 5) is 6.94. The fourth-order valence-electron chi connectivity index (χ4n) is 1.000. The van der Waals surface area contributed by atoms with E-state index in [1.165, 1.54) is 0 Å². The van der Waals surface area contributed by atoms with Gasteiger partial charge >= 0.3 is 0 Å². The molecular weight excluding hydrogens is 156 g/mol. The molecule has 0 unspecified atom stereocenters. The molecule has 0 aromatic carbocycles. The van der Waals surface area contributed by atoms with Gasteiger partial charge in [0.25, 0.3) is 0 Å². The van der Waals surface area contributed by atoms with Gasteiger partial charge in [-0.25, -0.2) is 4.98 Å². The van der Waals surface area contributed by atoms with Crippen LogP contribution >= 0.6 is 0 Å². The summed E-state index contributed by atoms with van der Waals surface area (Å²) in [5.74, 6) is 0.720. The normalized spacial score (nSPS) is 10.2. The number of nitrogens with one attached hydrogen (secondary N) is 1. The lowest BCUT2D eigenvalue weighted by molar-refractivity contribution is 0.255. The number of aliphatic hydroxyl groups excluding tert-OH is 2. The molecule has 0 atom stereocenters. The molecule has 0 aliphatic carbocycles. The van der Waals surface area contributed by atoms with Gasteiger partial charge in [0.2, 0.25) is 0 Å². The SMILES string of the molecule is C=CCc1nc(CO)c(CO)[nH]1. The molecule has 3 N–H and O–H groups in total. The summed E-state index contributed by atoms with van der Waals surface area (Å²) >= 11 is 0. The molecule has 0 amide bonds. The van der Waals surface area contributed by atoms with Gasteiger partial charge in [-0.1, -0.05) is 6.08 Å². The molecule has 0 aliphatic rings. The van der Waals surface area contributed by atoms with Gasteiger partial charge in [-0.15, -0.1) is 6.58 Å². The smallest absolute Gasteiger partial charge is 0.110 e. The second-order valence-electron chi connectivity index (χ2n) is 2.42. The maximum atomic E-state index is 8.82. The summed E-state index contributed by atoms with van der Waals surface area (Å²) in [6.07, 6.45) is 2.33. The predicted octanol–water partition coefficient (Wildman–Crippen LogP) is 0.123. The van der Waals surface area contributed by atoms with Crippen molar-refractivity contribution in [3.8, 4) is 0 Å². The Bertz CT molecular complexity index is 247.